The lowest BCUT2D eigenvalue weighted by Gasteiger charge is -2.30. The van der Waals surface area contributed by atoms with Crippen LogP contribution in [0.3, 0.4) is 0 Å². The van der Waals surface area contributed by atoms with E-state index in [1.807, 2.05) is 6.07 Å². The second kappa shape index (κ2) is 7.46. The molecular weight excluding hydrogens is 438 g/mol. The Kier molecular flexibility index (Phi) is 4.86. The van der Waals surface area contributed by atoms with E-state index >= 15 is 0 Å². The van der Waals surface area contributed by atoms with E-state index in [-0.39, 0.29) is 17.7 Å². The van der Waals surface area contributed by atoms with Crippen molar-refractivity contribution in [1.29, 1.82) is 0 Å². The van der Waals surface area contributed by atoms with Crippen LogP contribution in [0.2, 0.25) is 5.02 Å². The predicted octanol–water partition coefficient (Wildman–Crippen LogP) is 4.04. The van der Waals surface area contributed by atoms with Crippen LogP contribution in [-0.4, -0.2) is 36.2 Å². The van der Waals surface area contributed by atoms with Gasteiger partial charge in [0, 0.05) is 35.0 Å². The van der Waals surface area contributed by atoms with Crippen molar-refractivity contribution in [3.8, 4) is 5.75 Å². The number of nitrogens with zero attached hydrogens (tertiary/aromatic N) is 2. The molecule has 0 bridgehead atoms. The standard InChI is InChI=1S/C22H20ClN3O4S/c1-30-17-6-5-14(12-15(17)25-10-2-3-19(25)27)24-21(29)22-9-8-20(28)26(22)16-11-13(23)4-7-18(16)31-22/h4-7,11-12H,2-3,8-10H2,1H3,(H,24,29)/t22-/m0/s1. The molecule has 9 heteroatoms. The Hall–Kier alpha value is -2.71. The number of carbonyl (C=O) groups is 3. The second-order valence-corrected chi connectivity index (χ2v) is 9.47. The van der Waals surface area contributed by atoms with Crippen molar-refractivity contribution in [3.05, 3.63) is 41.4 Å². The maximum atomic E-state index is 13.5. The molecule has 5 rings (SSSR count). The molecule has 0 aromatic heterocycles. The largest absolute Gasteiger partial charge is 0.495 e. The zero-order valence-corrected chi connectivity index (χ0v) is 18.4. The molecule has 1 N–H and O–H groups in total. The van der Waals surface area contributed by atoms with E-state index < -0.39 is 4.87 Å². The fraction of sp³-hybridized carbons (Fsp3) is 0.318. The lowest BCUT2D eigenvalue weighted by Crippen LogP contribution is -2.49. The summed E-state index contributed by atoms with van der Waals surface area (Å²) in [5.41, 5.74) is 1.85. The number of fused-ring (bicyclic) bond motifs is 3. The highest BCUT2D eigenvalue weighted by Crippen LogP contribution is 2.56. The number of methoxy groups -OCH3 is 1. The molecule has 31 heavy (non-hydrogen) atoms. The number of anilines is 3. The molecule has 3 amide bonds. The van der Waals surface area contributed by atoms with Crippen LogP contribution in [0.25, 0.3) is 0 Å². The zero-order valence-electron chi connectivity index (χ0n) is 16.8. The summed E-state index contributed by atoms with van der Waals surface area (Å²) in [7, 11) is 1.55. The summed E-state index contributed by atoms with van der Waals surface area (Å²) in [6, 6.07) is 10.6. The molecule has 3 aliphatic heterocycles. The third-order valence-electron chi connectivity index (χ3n) is 5.88. The summed E-state index contributed by atoms with van der Waals surface area (Å²) in [5.74, 6) is 0.231. The first kappa shape index (κ1) is 20.2. The minimum atomic E-state index is -1.05. The van der Waals surface area contributed by atoms with Crippen molar-refractivity contribution in [2.75, 3.05) is 28.8 Å². The van der Waals surface area contributed by atoms with Gasteiger partial charge in [-0.25, -0.2) is 0 Å². The van der Waals surface area contributed by atoms with Gasteiger partial charge in [0.1, 0.15) is 5.75 Å². The molecule has 1 atom stereocenters. The number of rotatable bonds is 4. The van der Waals surface area contributed by atoms with Gasteiger partial charge in [0.2, 0.25) is 11.8 Å². The van der Waals surface area contributed by atoms with Crippen molar-refractivity contribution in [2.45, 2.75) is 35.4 Å². The maximum Gasteiger partial charge on any atom is 0.261 e. The molecule has 0 spiro atoms. The first-order valence-corrected chi connectivity index (χ1v) is 11.2. The number of amides is 3. The van der Waals surface area contributed by atoms with Gasteiger partial charge in [0.15, 0.2) is 4.87 Å². The molecule has 0 aliphatic carbocycles. The molecule has 0 saturated carbocycles. The van der Waals surface area contributed by atoms with E-state index in [4.69, 9.17) is 16.3 Å². The van der Waals surface area contributed by atoms with Gasteiger partial charge in [-0.3, -0.25) is 19.3 Å². The summed E-state index contributed by atoms with van der Waals surface area (Å²) >= 11 is 7.52. The molecular formula is C22H20ClN3O4S. The second-order valence-electron chi connectivity index (χ2n) is 7.72. The molecule has 2 fully saturated rings. The van der Waals surface area contributed by atoms with E-state index in [0.717, 1.165) is 11.3 Å². The minimum Gasteiger partial charge on any atom is -0.495 e. The van der Waals surface area contributed by atoms with Crippen LogP contribution < -0.4 is 19.9 Å². The quantitative estimate of drug-likeness (QED) is 0.749. The Bertz CT molecular complexity index is 1120. The Morgan fingerprint density at radius 3 is 2.71 bits per heavy atom. The normalized spacial score (nSPS) is 22.0. The fourth-order valence-corrected chi connectivity index (χ4v) is 5.99. The van der Waals surface area contributed by atoms with Gasteiger partial charge < -0.3 is 15.0 Å². The Morgan fingerprint density at radius 1 is 1.13 bits per heavy atom. The molecule has 2 aromatic rings. The fourth-order valence-electron chi connectivity index (χ4n) is 4.43. The van der Waals surface area contributed by atoms with E-state index in [2.05, 4.69) is 5.32 Å². The summed E-state index contributed by atoms with van der Waals surface area (Å²) in [6.07, 6.45) is 1.98. The molecule has 160 valence electrons. The van der Waals surface area contributed by atoms with Crippen LogP contribution in [0, 0.1) is 0 Å². The average Bonchev–Trinajstić information content (AvgIpc) is 3.42. The van der Waals surface area contributed by atoms with Gasteiger partial charge in [0.25, 0.3) is 5.91 Å². The van der Waals surface area contributed by atoms with E-state index in [9.17, 15) is 14.4 Å². The number of nitrogens with one attached hydrogen (secondary N) is 1. The van der Waals surface area contributed by atoms with Crippen molar-refractivity contribution in [2.24, 2.45) is 0 Å². The predicted molar refractivity (Wildman–Crippen MR) is 120 cm³/mol. The minimum absolute atomic E-state index is 0.0339. The lowest BCUT2D eigenvalue weighted by atomic mass is 10.1. The van der Waals surface area contributed by atoms with E-state index in [1.165, 1.54) is 11.8 Å². The number of ether oxygens (including phenoxy) is 1. The number of hydrogen-bond donors (Lipinski definition) is 1. The van der Waals surface area contributed by atoms with Gasteiger partial charge in [-0.2, -0.15) is 0 Å². The Morgan fingerprint density at radius 2 is 1.97 bits per heavy atom. The van der Waals surface area contributed by atoms with E-state index in [1.54, 1.807) is 47.2 Å². The third kappa shape index (κ3) is 3.16. The van der Waals surface area contributed by atoms with Gasteiger partial charge in [-0.1, -0.05) is 23.4 Å². The highest BCUT2D eigenvalue weighted by molar-refractivity contribution is 8.02. The number of thioether (sulfide) groups is 1. The van der Waals surface area contributed by atoms with E-state index in [0.29, 0.717) is 53.6 Å². The maximum absolute atomic E-state index is 13.5. The molecule has 0 unspecified atom stereocenters. The first-order valence-electron chi connectivity index (χ1n) is 10.0. The third-order valence-corrected chi connectivity index (χ3v) is 7.59. The Balaban J connectivity index is 1.46. The molecule has 7 nitrogen and oxygen atoms in total. The summed E-state index contributed by atoms with van der Waals surface area (Å²) in [4.78, 5) is 41.5. The lowest BCUT2D eigenvalue weighted by molar-refractivity contribution is -0.121. The van der Waals surface area contributed by atoms with Crippen LogP contribution in [0.5, 0.6) is 5.75 Å². The summed E-state index contributed by atoms with van der Waals surface area (Å²) in [5, 5.41) is 3.48. The summed E-state index contributed by atoms with van der Waals surface area (Å²) < 4.78 is 5.43. The van der Waals surface area contributed by atoms with Crippen molar-refractivity contribution >= 4 is 58.1 Å². The van der Waals surface area contributed by atoms with Gasteiger partial charge in [-0.15, -0.1) is 0 Å². The molecule has 2 saturated heterocycles. The smallest absolute Gasteiger partial charge is 0.261 e. The molecule has 0 radical (unpaired) electrons. The van der Waals surface area contributed by atoms with Crippen LogP contribution >= 0.6 is 23.4 Å². The Labute approximate surface area is 188 Å². The van der Waals surface area contributed by atoms with Crippen molar-refractivity contribution in [1.82, 2.24) is 0 Å². The van der Waals surface area contributed by atoms with Gasteiger partial charge in [0.05, 0.1) is 18.5 Å². The van der Waals surface area contributed by atoms with Crippen molar-refractivity contribution in [3.63, 3.8) is 0 Å². The highest BCUT2D eigenvalue weighted by Gasteiger charge is 2.57. The highest BCUT2D eigenvalue weighted by atomic mass is 35.5. The van der Waals surface area contributed by atoms with Gasteiger partial charge in [-0.05, 0) is 49.2 Å². The monoisotopic (exact) mass is 457 g/mol. The van der Waals surface area contributed by atoms with Crippen molar-refractivity contribution < 1.29 is 19.1 Å². The number of benzene rings is 2. The number of halogens is 1. The number of carbonyl (C=O) groups excluding carboxylic acids is 3. The molecule has 3 aliphatic rings. The number of hydrogen-bond acceptors (Lipinski definition) is 5. The average molecular weight is 458 g/mol. The summed E-state index contributed by atoms with van der Waals surface area (Å²) in [6.45, 7) is 0.616. The molecule has 2 aromatic carbocycles. The van der Waals surface area contributed by atoms with Gasteiger partial charge >= 0.3 is 0 Å². The van der Waals surface area contributed by atoms with Crippen LogP contribution in [0.1, 0.15) is 25.7 Å². The van der Waals surface area contributed by atoms with Crippen LogP contribution in [0.15, 0.2) is 41.3 Å². The van der Waals surface area contributed by atoms with Crippen LogP contribution in [-0.2, 0) is 14.4 Å². The molecule has 3 heterocycles. The topological polar surface area (TPSA) is 79.0 Å². The SMILES string of the molecule is COc1ccc(NC(=O)[C@@]23CCC(=O)N2c2cc(Cl)ccc2S3)cc1N1CCCC1=O. The van der Waals surface area contributed by atoms with Crippen LogP contribution in [0.4, 0.5) is 17.1 Å². The first-order chi connectivity index (χ1) is 14.9. The zero-order chi connectivity index (χ0) is 21.8.